The number of anilines is 4. The van der Waals surface area contributed by atoms with Gasteiger partial charge in [-0.3, -0.25) is 0 Å². The molecule has 0 aliphatic rings. The third kappa shape index (κ3) is 6.84. The third-order valence-corrected chi connectivity index (χ3v) is 7.43. The summed E-state index contributed by atoms with van der Waals surface area (Å²) in [4.78, 5) is 9.24. The summed E-state index contributed by atoms with van der Waals surface area (Å²) in [6.45, 7) is 4.17. The van der Waals surface area contributed by atoms with Crippen LogP contribution in [0, 0.1) is 5.92 Å². The minimum Gasteiger partial charge on any atom is -0.340 e. The maximum absolute atomic E-state index is 12.8. The topological polar surface area (TPSA) is 96.0 Å². The zero-order valence-electron chi connectivity index (χ0n) is 18.6. The van der Waals surface area contributed by atoms with E-state index in [1.54, 1.807) is 23.9 Å². The van der Waals surface area contributed by atoms with Gasteiger partial charge in [0.05, 0.1) is 16.1 Å². The molecule has 3 N–H and O–H groups in total. The van der Waals surface area contributed by atoms with Gasteiger partial charge < -0.3 is 10.6 Å². The number of hydrogen-bond acceptors (Lipinski definition) is 7. The lowest BCUT2D eigenvalue weighted by Crippen LogP contribution is -2.18. The van der Waals surface area contributed by atoms with Gasteiger partial charge in [-0.25, -0.2) is 23.1 Å². The number of thioether (sulfide) groups is 1. The molecule has 0 aliphatic carbocycles. The van der Waals surface area contributed by atoms with E-state index in [0.717, 1.165) is 22.8 Å². The summed E-state index contributed by atoms with van der Waals surface area (Å²) >= 11 is 1.58. The van der Waals surface area contributed by atoms with Gasteiger partial charge in [0.2, 0.25) is 10.0 Å². The Labute approximate surface area is 200 Å². The molecule has 1 aromatic heterocycles. The lowest BCUT2D eigenvalue weighted by molar-refractivity contribution is -0.137. The average Bonchev–Trinajstić information content (AvgIpc) is 2.78. The molecular weight excluding hydrogens is 487 g/mol. The summed E-state index contributed by atoms with van der Waals surface area (Å²) in [6, 6.07) is 11.0. The van der Waals surface area contributed by atoms with Crippen LogP contribution in [0.15, 0.2) is 64.6 Å². The van der Waals surface area contributed by atoms with Gasteiger partial charge in [0, 0.05) is 22.4 Å². The quantitative estimate of drug-likeness (QED) is 0.320. The van der Waals surface area contributed by atoms with Crippen LogP contribution in [0.1, 0.15) is 19.4 Å². The lowest BCUT2D eigenvalue weighted by atomic mass is 10.2. The molecule has 3 rings (SSSR count). The first-order valence-electron chi connectivity index (χ1n) is 10.2. The van der Waals surface area contributed by atoms with E-state index < -0.39 is 21.8 Å². The fourth-order valence-corrected chi connectivity index (χ4v) is 4.50. The van der Waals surface area contributed by atoms with Crippen molar-refractivity contribution in [3.8, 4) is 0 Å². The predicted molar refractivity (Wildman–Crippen MR) is 128 cm³/mol. The van der Waals surface area contributed by atoms with Crippen molar-refractivity contribution >= 4 is 44.8 Å². The minimum atomic E-state index is -4.41. The van der Waals surface area contributed by atoms with E-state index in [-0.39, 0.29) is 4.90 Å². The number of rotatable bonds is 9. The van der Waals surface area contributed by atoms with Crippen molar-refractivity contribution in [3.63, 3.8) is 0 Å². The number of halogens is 3. The monoisotopic (exact) mass is 511 g/mol. The molecule has 1 heterocycles. The van der Waals surface area contributed by atoms with Gasteiger partial charge in [-0.15, -0.1) is 11.8 Å². The van der Waals surface area contributed by atoms with Gasteiger partial charge in [-0.2, -0.15) is 13.2 Å². The summed E-state index contributed by atoms with van der Waals surface area (Å²) in [6.07, 6.45) is -3.12. The molecule has 34 heavy (non-hydrogen) atoms. The molecule has 0 aliphatic heterocycles. The Hall–Kier alpha value is -2.83. The number of sulfonamides is 1. The highest BCUT2D eigenvalue weighted by molar-refractivity contribution is 7.99. The van der Waals surface area contributed by atoms with Crippen LogP contribution in [0.2, 0.25) is 0 Å². The number of aromatic nitrogens is 2. The molecule has 0 unspecified atom stereocenters. The number of hydrogen-bond donors (Lipinski definition) is 3. The molecule has 0 amide bonds. The third-order valence-electron chi connectivity index (χ3n) is 4.52. The Bertz CT molecular complexity index is 1230. The Balaban J connectivity index is 1.85. The number of nitrogens with one attached hydrogen (secondary N) is 3. The van der Waals surface area contributed by atoms with Crippen molar-refractivity contribution in [1.29, 1.82) is 0 Å². The molecule has 0 spiro atoms. The van der Waals surface area contributed by atoms with Crippen molar-refractivity contribution in [2.45, 2.75) is 29.8 Å². The first-order valence-corrected chi connectivity index (χ1v) is 12.7. The van der Waals surface area contributed by atoms with Crippen LogP contribution in [0.4, 0.5) is 36.2 Å². The first-order chi connectivity index (χ1) is 16.0. The summed E-state index contributed by atoms with van der Waals surface area (Å²) in [5.74, 6) is 2.00. The van der Waals surface area contributed by atoms with Crippen LogP contribution in [-0.4, -0.2) is 31.2 Å². The van der Waals surface area contributed by atoms with E-state index in [4.69, 9.17) is 0 Å². The molecule has 0 saturated carbocycles. The molecule has 12 heteroatoms. The number of benzene rings is 2. The first kappa shape index (κ1) is 25.8. The van der Waals surface area contributed by atoms with Crippen molar-refractivity contribution in [1.82, 2.24) is 14.7 Å². The zero-order valence-corrected chi connectivity index (χ0v) is 20.3. The molecule has 0 atom stereocenters. The van der Waals surface area contributed by atoms with E-state index in [9.17, 15) is 21.6 Å². The Morgan fingerprint density at radius 3 is 2.21 bits per heavy atom. The molecule has 0 bridgehead atoms. The maximum Gasteiger partial charge on any atom is 0.416 e. The van der Waals surface area contributed by atoms with Crippen molar-refractivity contribution in [2.75, 3.05) is 23.4 Å². The van der Waals surface area contributed by atoms with Crippen molar-refractivity contribution in [3.05, 3.63) is 60.4 Å². The molecule has 182 valence electrons. The van der Waals surface area contributed by atoms with Crippen molar-refractivity contribution in [2.24, 2.45) is 5.92 Å². The van der Waals surface area contributed by atoms with E-state index in [2.05, 4.69) is 39.2 Å². The Kier molecular flexibility index (Phi) is 8.05. The molecule has 3 aromatic rings. The lowest BCUT2D eigenvalue weighted by Gasteiger charge is -2.15. The summed E-state index contributed by atoms with van der Waals surface area (Å²) < 4.78 is 65.2. The zero-order chi connectivity index (χ0) is 24.9. The van der Waals surface area contributed by atoms with Gasteiger partial charge in [-0.1, -0.05) is 13.8 Å². The maximum atomic E-state index is 12.8. The fourth-order valence-electron chi connectivity index (χ4n) is 2.80. The van der Waals surface area contributed by atoms with Crippen LogP contribution in [0.25, 0.3) is 0 Å². The summed E-state index contributed by atoms with van der Waals surface area (Å²) in [7, 11) is -2.31. The van der Waals surface area contributed by atoms with E-state index in [1.807, 2.05) is 0 Å². The van der Waals surface area contributed by atoms with E-state index >= 15 is 0 Å². The average molecular weight is 512 g/mol. The van der Waals surface area contributed by atoms with E-state index in [1.165, 1.54) is 37.6 Å². The minimum absolute atomic E-state index is 0.101. The van der Waals surface area contributed by atoms with Gasteiger partial charge in [-0.05, 0) is 55.4 Å². The smallest absolute Gasteiger partial charge is 0.340 e. The normalized spacial score (nSPS) is 12.1. The van der Waals surface area contributed by atoms with Gasteiger partial charge >= 0.3 is 6.18 Å². The fraction of sp³-hybridized carbons (Fsp3) is 0.273. The molecule has 7 nitrogen and oxygen atoms in total. The van der Waals surface area contributed by atoms with Crippen LogP contribution in [-0.2, 0) is 16.2 Å². The highest BCUT2D eigenvalue weighted by atomic mass is 32.2. The second-order valence-electron chi connectivity index (χ2n) is 7.68. The van der Waals surface area contributed by atoms with Gasteiger partial charge in [0.25, 0.3) is 0 Å². The van der Waals surface area contributed by atoms with Crippen LogP contribution >= 0.6 is 11.8 Å². The Morgan fingerprint density at radius 1 is 0.971 bits per heavy atom. The summed E-state index contributed by atoms with van der Waals surface area (Å²) in [5.41, 5.74) is 0.236. The molecule has 0 radical (unpaired) electrons. The molecule has 2 aromatic carbocycles. The van der Waals surface area contributed by atoms with Gasteiger partial charge in [0.1, 0.15) is 18.0 Å². The highest BCUT2D eigenvalue weighted by Crippen LogP contribution is 2.33. The van der Waals surface area contributed by atoms with E-state index in [0.29, 0.717) is 28.9 Å². The number of alkyl halides is 3. The second kappa shape index (κ2) is 10.6. The second-order valence-corrected chi connectivity index (χ2v) is 10.6. The van der Waals surface area contributed by atoms with Crippen LogP contribution in [0.5, 0.6) is 0 Å². The molecule has 0 saturated heterocycles. The van der Waals surface area contributed by atoms with Crippen LogP contribution in [0.3, 0.4) is 0 Å². The predicted octanol–water partition coefficient (Wildman–Crippen LogP) is 5.64. The summed E-state index contributed by atoms with van der Waals surface area (Å²) in [5, 5.41) is 6.07. The highest BCUT2D eigenvalue weighted by Gasteiger charge is 2.29. The molecule has 0 fully saturated rings. The largest absolute Gasteiger partial charge is 0.416 e. The number of nitrogens with zero attached hydrogens (tertiary/aromatic N) is 2. The molecular formula is C22H24F3N5O2S2. The van der Waals surface area contributed by atoms with Crippen molar-refractivity contribution < 1.29 is 21.6 Å². The SMILES string of the molecule is CNS(=O)(=O)c1ccc(SCC(C)C)c(Nc2cc(Nc3ccc(C(F)(F)F)cc3)ncn2)c1. The van der Waals surface area contributed by atoms with Gasteiger partial charge in [0.15, 0.2) is 0 Å². The Morgan fingerprint density at radius 2 is 1.62 bits per heavy atom. The standard InChI is InChI=1S/C22H24F3N5O2S2/c1-14(2)12-33-19-9-8-17(34(31,32)26-3)10-18(19)30-21-11-20(27-13-28-21)29-16-6-4-15(5-7-16)22(23,24)25/h4-11,13-14,26H,12H2,1-3H3,(H2,27,28,29,30). The van der Waals surface area contributed by atoms with Crippen LogP contribution < -0.4 is 15.4 Å².